The van der Waals surface area contributed by atoms with Gasteiger partial charge >= 0.3 is 6.18 Å². The average molecular weight is 300 g/mol. The molecule has 0 aliphatic carbocycles. The zero-order chi connectivity index (χ0) is 15.5. The van der Waals surface area contributed by atoms with Crippen LogP contribution in [0.4, 0.5) is 17.6 Å². The SMILES string of the molecule is NCCc1ccc(Oc2ncc(C(F)(F)F)cc2F)cc1. The number of rotatable bonds is 4. The molecule has 3 nitrogen and oxygen atoms in total. The van der Waals surface area contributed by atoms with Crippen molar-refractivity contribution in [3.05, 3.63) is 53.5 Å². The van der Waals surface area contributed by atoms with E-state index in [0.717, 1.165) is 5.56 Å². The van der Waals surface area contributed by atoms with Crippen molar-refractivity contribution in [2.45, 2.75) is 12.6 Å². The smallest absolute Gasteiger partial charge is 0.417 e. The summed E-state index contributed by atoms with van der Waals surface area (Å²) in [4.78, 5) is 3.36. The van der Waals surface area contributed by atoms with E-state index in [2.05, 4.69) is 4.98 Å². The van der Waals surface area contributed by atoms with Crippen molar-refractivity contribution in [1.29, 1.82) is 0 Å². The lowest BCUT2D eigenvalue weighted by Crippen LogP contribution is -2.07. The second kappa shape index (κ2) is 6.09. The van der Waals surface area contributed by atoms with Gasteiger partial charge in [0, 0.05) is 6.20 Å². The Balaban J connectivity index is 2.16. The summed E-state index contributed by atoms with van der Waals surface area (Å²) in [6, 6.07) is 6.98. The minimum Gasteiger partial charge on any atom is -0.436 e. The normalized spacial score (nSPS) is 11.5. The van der Waals surface area contributed by atoms with Gasteiger partial charge in [-0.1, -0.05) is 12.1 Å². The van der Waals surface area contributed by atoms with E-state index >= 15 is 0 Å². The molecule has 0 aliphatic heterocycles. The van der Waals surface area contributed by atoms with Crippen LogP contribution < -0.4 is 10.5 Å². The molecule has 2 N–H and O–H groups in total. The topological polar surface area (TPSA) is 48.1 Å². The summed E-state index contributed by atoms with van der Waals surface area (Å²) in [6.07, 6.45) is -3.43. The number of pyridine rings is 1. The second-order valence-corrected chi connectivity index (χ2v) is 4.29. The van der Waals surface area contributed by atoms with Crippen LogP contribution in [0.1, 0.15) is 11.1 Å². The molecule has 0 saturated heterocycles. The minimum absolute atomic E-state index is 0.280. The molecule has 2 aromatic rings. The summed E-state index contributed by atoms with van der Waals surface area (Å²) in [7, 11) is 0. The summed E-state index contributed by atoms with van der Waals surface area (Å²) >= 11 is 0. The van der Waals surface area contributed by atoms with Crippen LogP contribution in [0.5, 0.6) is 11.6 Å². The molecule has 0 radical (unpaired) electrons. The lowest BCUT2D eigenvalue weighted by molar-refractivity contribution is -0.138. The maximum absolute atomic E-state index is 13.6. The highest BCUT2D eigenvalue weighted by Crippen LogP contribution is 2.31. The average Bonchev–Trinajstić information content (AvgIpc) is 2.42. The fourth-order valence-electron chi connectivity index (χ4n) is 1.66. The fourth-order valence-corrected chi connectivity index (χ4v) is 1.66. The molecule has 1 aromatic heterocycles. The van der Waals surface area contributed by atoms with Gasteiger partial charge in [0.05, 0.1) is 5.56 Å². The number of ether oxygens (including phenoxy) is 1. The molecule has 0 unspecified atom stereocenters. The van der Waals surface area contributed by atoms with Gasteiger partial charge in [0.25, 0.3) is 5.88 Å². The Morgan fingerprint density at radius 3 is 2.33 bits per heavy atom. The molecule has 0 atom stereocenters. The highest BCUT2D eigenvalue weighted by atomic mass is 19.4. The first-order valence-electron chi connectivity index (χ1n) is 6.10. The number of alkyl halides is 3. The second-order valence-electron chi connectivity index (χ2n) is 4.29. The largest absolute Gasteiger partial charge is 0.436 e. The molecule has 1 heterocycles. The van der Waals surface area contributed by atoms with Gasteiger partial charge in [-0.05, 0) is 36.7 Å². The lowest BCUT2D eigenvalue weighted by atomic mass is 10.1. The van der Waals surface area contributed by atoms with Gasteiger partial charge in [-0.2, -0.15) is 13.2 Å². The first-order chi connectivity index (χ1) is 9.90. The van der Waals surface area contributed by atoms with Gasteiger partial charge in [0.2, 0.25) is 0 Å². The van der Waals surface area contributed by atoms with Crippen LogP contribution in [-0.4, -0.2) is 11.5 Å². The van der Waals surface area contributed by atoms with Crippen molar-refractivity contribution < 1.29 is 22.3 Å². The molecule has 0 amide bonds. The Kier molecular flexibility index (Phi) is 4.42. The molecular weight excluding hydrogens is 288 g/mol. The summed E-state index contributed by atoms with van der Waals surface area (Å²) < 4.78 is 55.8. The predicted molar refractivity (Wildman–Crippen MR) is 68.5 cm³/mol. The maximum Gasteiger partial charge on any atom is 0.417 e. The van der Waals surface area contributed by atoms with Crippen molar-refractivity contribution in [1.82, 2.24) is 4.98 Å². The molecule has 1 aromatic carbocycles. The van der Waals surface area contributed by atoms with Crippen molar-refractivity contribution >= 4 is 0 Å². The van der Waals surface area contributed by atoms with E-state index in [4.69, 9.17) is 10.5 Å². The van der Waals surface area contributed by atoms with Crippen molar-refractivity contribution in [3.8, 4) is 11.6 Å². The Morgan fingerprint density at radius 1 is 1.14 bits per heavy atom. The standard InChI is InChI=1S/C14H12F4N2O/c15-12-7-10(14(16,17)18)8-20-13(12)21-11-3-1-9(2-4-11)5-6-19/h1-4,7-8H,5-6,19H2. The summed E-state index contributed by atoms with van der Waals surface area (Å²) in [6.45, 7) is 0.495. The number of aromatic nitrogens is 1. The maximum atomic E-state index is 13.6. The van der Waals surface area contributed by atoms with Gasteiger partial charge in [-0.15, -0.1) is 0 Å². The highest BCUT2D eigenvalue weighted by Gasteiger charge is 2.32. The quantitative estimate of drug-likeness (QED) is 0.879. The van der Waals surface area contributed by atoms with Crippen LogP contribution in [-0.2, 0) is 12.6 Å². The third-order valence-corrected chi connectivity index (χ3v) is 2.71. The first-order valence-corrected chi connectivity index (χ1v) is 6.10. The molecule has 0 bridgehead atoms. The molecule has 112 valence electrons. The van der Waals surface area contributed by atoms with Gasteiger partial charge in [0.15, 0.2) is 5.82 Å². The van der Waals surface area contributed by atoms with E-state index in [1.165, 1.54) is 0 Å². The Bertz CT molecular complexity index is 611. The third-order valence-electron chi connectivity index (χ3n) is 2.71. The van der Waals surface area contributed by atoms with Crippen molar-refractivity contribution in [3.63, 3.8) is 0 Å². The van der Waals surface area contributed by atoms with Gasteiger partial charge < -0.3 is 10.5 Å². The van der Waals surface area contributed by atoms with Gasteiger partial charge in [0.1, 0.15) is 5.75 Å². The van der Waals surface area contributed by atoms with E-state index in [1.807, 2.05) is 0 Å². The minimum atomic E-state index is -4.64. The van der Waals surface area contributed by atoms with Crippen molar-refractivity contribution in [2.24, 2.45) is 5.73 Å². The Morgan fingerprint density at radius 2 is 1.81 bits per heavy atom. The number of benzene rings is 1. The van der Waals surface area contributed by atoms with E-state index in [0.29, 0.717) is 25.2 Å². The lowest BCUT2D eigenvalue weighted by Gasteiger charge is -2.09. The van der Waals surface area contributed by atoms with Crippen LogP contribution in [0.2, 0.25) is 0 Å². The molecule has 0 aliphatic rings. The highest BCUT2D eigenvalue weighted by molar-refractivity contribution is 5.32. The Labute approximate surface area is 118 Å². The van der Waals surface area contributed by atoms with Crippen LogP contribution in [0.25, 0.3) is 0 Å². The fraction of sp³-hybridized carbons (Fsp3) is 0.214. The summed E-state index contributed by atoms with van der Waals surface area (Å²) in [5, 5.41) is 0. The number of halogens is 4. The monoisotopic (exact) mass is 300 g/mol. The zero-order valence-electron chi connectivity index (χ0n) is 10.8. The molecule has 2 rings (SSSR count). The van der Waals surface area contributed by atoms with E-state index in [9.17, 15) is 17.6 Å². The molecule has 21 heavy (non-hydrogen) atoms. The predicted octanol–water partition coefficient (Wildman–Crippen LogP) is 3.53. The first kappa shape index (κ1) is 15.2. The summed E-state index contributed by atoms with van der Waals surface area (Å²) in [5.41, 5.74) is 5.22. The van der Waals surface area contributed by atoms with E-state index in [-0.39, 0.29) is 5.75 Å². The Hall–Kier alpha value is -2.15. The molecule has 7 heteroatoms. The number of nitrogens with zero attached hydrogens (tertiary/aromatic N) is 1. The van der Waals surface area contributed by atoms with E-state index < -0.39 is 23.4 Å². The van der Waals surface area contributed by atoms with Gasteiger partial charge in [-0.3, -0.25) is 0 Å². The van der Waals surface area contributed by atoms with E-state index in [1.54, 1.807) is 24.3 Å². The van der Waals surface area contributed by atoms with Gasteiger partial charge in [-0.25, -0.2) is 9.37 Å². The van der Waals surface area contributed by atoms with Crippen LogP contribution in [0.15, 0.2) is 36.5 Å². The molecule has 0 spiro atoms. The number of hydrogen-bond donors (Lipinski definition) is 1. The molecule has 0 fully saturated rings. The molecular formula is C14H12F4N2O. The van der Waals surface area contributed by atoms with Crippen LogP contribution in [0, 0.1) is 5.82 Å². The molecule has 0 saturated carbocycles. The van der Waals surface area contributed by atoms with Crippen LogP contribution >= 0.6 is 0 Å². The number of hydrogen-bond acceptors (Lipinski definition) is 3. The number of nitrogens with two attached hydrogens (primary N) is 1. The summed E-state index contributed by atoms with van der Waals surface area (Å²) in [5.74, 6) is -1.40. The van der Waals surface area contributed by atoms with Crippen LogP contribution in [0.3, 0.4) is 0 Å². The van der Waals surface area contributed by atoms with Crippen molar-refractivity contribution in [2.75, 3.05) is 6.54 Å². The zero-order valence-corrected chi connectivity index (χ0v) is 10.8. The third kappa shape index (κ3) is 3.91.